The summed E-state index contributed by atoms with van der Waals surface area (Å²) in [5, 5.41) is 18.3. The van der Waals surface area contributed by atoms with E-state index < -0.39 is 4.92 Å². The number of nitrogens with one attached hydrogen (secondary N) is 2. The molecule has 2 N–H and O–H groups in total. The number of halogens is 2. The van der Waals surface area contributed by atoms with Crippen LogP contribution in [0.5, 0.6) is 11.5 Å². The lowest BCUT2D eigenvalue weighted by Crippen LogP contribution is -2.08. The van der Waals surface area contributed by atoms with Crippen LogP contribution in [-0.2, 0) is 6.54 Å². The van der Waals surface area contributed by atoms with Crippen LogP contribution in [0.15, 0.2) is 42.7 Å². The van der Waals surface area contributed by atoms with Crippen LogP contribution >= 0.6 is 23.2 Å². The molecule has 4 rings (SSSR count). The molecule has 0 atom stereocenters. The number of nitro groups is 1. The fourth-order valence-corrected chi connectivity index (χ4v) is 3.30. The monoisotopic (exact) mass is 433 g/mol. The molecule has 2 heterocycles. The summed E-state index contributed by atoms with van der Waals surface area (Å²) >= 11 is 12.0. The number of benzene rings is 2. The first-order valence-electron chi connectivity index (χ1n) is 8.34. The molecule has 0 radical (unpaired) electrons. The summed E-state index contributed by atoms with van der Waals surface area (Å²) in [7, 11) is 0. The van der Waals surface area contributed by atoms with E-state index >= 15 is 0 Å². The number of ether oxygens (including phenoxy) is 2. The van der Waals surface area contributed by atoms with Crippen molar-refractivity contribution in [2.75, 3.05) is 17.4 Å². The SMILES string of the molecule is O=[N+]([O-])c1c(NCc2ccc3c(c2)OCO3)ncnc1Nc1cc(Cl)cc(Cl)c1. The number of fused-ring (bicyclic) bond motifs is 1. The summed E-state index contributed by atoms with van der Waals surface area (Å²) < 4.78 is 10.6. The molecule has 11 heteroatoms. The largest absolute Gasteiger partial charge is 0.454 e. The van der Waals surface area contributed by atoms with E-state index in [1.807, 2.05) is 6.07 Å². The second-order valence-corrected chi connectivity index (χ2v) is 6.87. The molecule has 0 fully saturated rings. The number of hydrogen-bond donors (Lipinski definition) is 2. The Morgan fingerprint density at radius 2 is 1.76 bits per heavy atom. The zero-order valence-corrected chi connectivity index (χ0v) is 16.2. The first-order valence-corrected chi connectivity index (χ1v) is 9.10. The highest BCUT2D eigenvalue weighted by Gasteiger charge is 2.23. The van der Waals surface area contributed by atoms with E-state index in [2.05, 4.69) is 20.6 Å². The molecule has 0 unspecified atom stereocenters. The molecule has 0 spiro atoms. The summed E-state index contributed by atoms with van der Waals surface area (Å²) in [6.45, 7) is 0.461. The molecule has 1 aliphatic heterocycles. The van der Waals surface area contributed by atoms with Gasteiger partial charge in [-0.1, -0.05) is 29.3 Å². The van der Waals surface area contributed by atoms with Gasteiger partial charge in [-0.05, 0) is 35.9 Å². The summed E-state index contributed by atoms with van der Waals surface area (Å²) in [5.74, 6) is 1.37. The third-order valence-corrected chi connectivity index (χ3v) is 4.46. The zero-order chi connectivity index (χ0) is 20.4. The highest BCUT2D eigenvalue weighted by molar-refractivity contribution is 6.35. The number of nitrogens with zero attached hydrogens (tertiary/aromatic N) is 3. The van der Waals surface area contributed by atoms with Gasteiger partial charge in [-0.25, -0.2) is 9.97 Å². The first kappa shape index (κ1) is 19.0. The lowest BCUT2D eigenvalue weighted by atomic mass is 10.2. The number of anilines is 3. The van der Waals surface area contributed by atoms with Crippen molar-refractivity contribution in [3.8, 4) is 11.5 Å². The van der Waals surface area contributed by atoms with Crippen LogP contribution in [0.4, 0.5) is 23.0 Å². The van der Waals surface area contributed by atoms with Gasteiger partial charge in [0.05, 0.1) is 4.92 Å². The summed E-state index contributed by atoms with van der Waals surface area (Å²) in [6, 6.07) is 10.1. The molecular weight excluding hydrogens is 421 g/mol. The van der Waals surface area contributed by atoms with Crippen LogP contribution in [0.3, 0.4) is 0 Å². The van der Waals surface area contributed by atoms with Gasteiger partial charge in [0.25, 0.3) is 0 Å². The van der Waals surface area contributed by atoms with E-state index in [9.17, 15) is 10.1 Å². The van der Waals surface area contributed by atoms with Gasteiger partial charge in [0.2, 0.25) is 18.4 Å². The van der Waals surface area contributed by atoms with Crippen molar-refractivity contribution in [3.05, 3.63) is 68.4 Å². The summed E-state index contributed by atoms with van der Waals surface area (Å²) in [6.07, 6.45) is 1.23. The third-order valence-electron chi connectivity index (χ3n) is 4.03. The van der Waals surface area contributed by atoms with Gasteiger partial charge in [0.15, 0.2) is 11.5 Å². The Bertz CT molecular complexity index is 1080. The van der Waals surface area contributed by atoms with Crippen LogP contribution in [-0.4, -0.2) is 21.7 Å². The topological polar surface area (TPSA) is 111 Å². The van der Waals surface area contributed by atoms with Crippen molar-refractivity contribution in [1.82, 2.24) is 9.97 Å². The molecule has 1 aliphatic rings. The van der Waals surface area contributed by atoms with E-state index in [1.54, 1.807) is 30.3 Å². The number of rotatable bonds is 6. The summed E-state index contributed by atoms with van der Waals surface area (Å²) in [5.41, 5.74) is 1.01. The predicted octanol–water partition coefficient (Wildman–Crippen LogP) is 4.78. The number of hydrogen-bond acceptors (Lipinski definition) is 8. The Hall–Kier alpha value is -3.30. The molecule has 1 aromatic heterocycles. The fraction of sp³-hybridized carbons (Fsp3) is 0.111. The van der Waals surface area contributed by atoms with Crippen molar-refractivity contribution in [1.29, 1.82) is 0 Å². The molecule has 3 aromatic rings. The van der Waals surface area contributed by atoms with Crippen molar-refractivity contribution in [2.24, 2.45) is 0 Å². The molecule has 9 nitrogen and oxygen atoms in total. The van der Waals surface area contributed by atoms with Crippen LogP contribution in [0, 0.1) is 10.1 Å². The first-order chi connectivity index (χ1) is 14.0. The minimum atomic E-state index is -0.559. The molecule has 0 saturated carbocycles. The van der Waals surface area contributed by atoms with Crippen molar-refractivity contribution >= 4 is 46.2 Å². The van der Waals surface area contributed by atoms with Crippen molar-refractivity contribution < 1.29 is 14.4 Å². The second-order valence-electron chi connectivity index (χ2n) is 6.00. The predicted molar refractivity (Wildman–Crippen MR) is 108 cm³/mol. The third kappa shape index (κ3) is 4.25. The normalized spacial score (nSPS) is 11.9. The number of aromatic nitrogens is 2. The standard InChI is InChI=1S/C18H13Cl2N5O4/c19-11-4-12(20)6-13(5-11)24-18-16(25(26)27)17(22-8-23-18)21-7-10-1-2-14-15(3-10)29-9-28-14/h1-6,8H,7,9H2,(H2,21,22,23,24). The van der Waals surface area contributed by atoms with Gasteiger partial charge in [-0.3, -0.25) is 10.1 Å². The van der Waals surface area contributed by atoms with Gasteiger partial charge >= 0.3 is 5.69 Å². The highest BCUT2D eigenvalue weighted by atomic mass is 35.5. The van der Waals surface area contributed by atoms with Gasteiger partial charge in [0.1, 0.15) is 6.33 Å². The molecule has 0 bridgehead atoms. The molecule has 29 heavy (non-hydrogen) atoms. The summed E-state index contributed by atoms with van der Waals surface area (Å²) in [4.78, 5) is 19.1. The fourth-order valence-electron chi connectivity index (χ4n) is 2.77. The van der Waals surface area contributed by atoms with Crippen molar-refractivity contribution in [2.45, 2.75) is 6.54 Å². The molecule has 0 saturated heterocycles. The van der Waals surface area contributed by atoms with E-state index in [0.717, 1.165) is 5.56 Å². The maximum Gasteiger partial charge on any atom is 0.353 e. The van der Waals surface area contributed by atoms with E-state index in [1.165, 1.54) is 6.33 Å². The molecular formula is C18H13Cl2N5O4. The average Bonchev–Trinajstić information content (AvgIpc) is 3.13. The minimum absolute atomic E-state index is 0.0107. The Labute approximate surface area is 174 Å². The second kappa shape index (κ2) is 7.98. The lowest BCUT2D eigenvalue weighted by molar-refractivity contribution is -0.383. The Balaban J connectivity index is 1.58. The van der Waals surface area contributed by atoms with Crippen LogP contribution < -0.4 is 20.1 Å². The average molecular weight is 434 g/mol. The van der Waals surface area contributed by atoms with Gasteiger partial charge in [-0.15, -0.1) is 0 Å². The van der Waals surface area contributed by atoms with Gasteiger partial charge in [0, 0.05) is 22.3 Å². The maximum atomic E-state index is 11.7. The quantitative estimate of drug-likeness (QED) is 0.421. The minimum Gasteiger partial charge on any atom is -0.454 e. The molecule has 0 amide bonds. The smallest absolute Gasteiger partial charge is 0.353 e. The highest BCUT2D eigenvalue weighted by Crippen LogP contribution is 2.35. The van der Waals surface area contributed by atoms with E-state index in [-0.39, 0.29) is 30.7 Å². The van der Waals surface area contributed by atoms with Crippen LogP contribution in [0.1, 0.15) is 5.56 Å². The van der Waals surface area contributed by atoms with Crippen LogP contribution in [0.2, 0.25) is 10.0 Å². The van der Waals surface area contributed by atoms with Crippen molar-refractivity contribution in [3.63, 3.8) is 0 Å². The Morgan fingerprint density at radius 3 is 2.52 bits per heavy atom. The molecule has 148 valence electrons. The van der Waals surface area contributed by atoms with Crippen LogP contribution in [0.25, 0.3) is 0 Å². The Kier molecular flexibility index (Phi) is 5.24. The Morgan fingerprint density at radius 1 is 1.03 bits per heavy atom. The van der Waals surface area contributed by atoms with E-state index in [4.69, 9.17) is 32.7 Å². The van der Waals surface area contributed by atoms with Gasteiger partial charge in [-0.2, -0.15) is 0 Å². The maximum absolute atomic E-state index is 11.7. The molecule has 0 aliphatic carbocycles. The van der Waals surface area contributed by atoms with Gasteiger partial charge < -0.3 is 20.1 Å². The lowest BCUT2D eigenvalue weighted by Gasteiger charge is -2.11. The molecule has 2 aromatic carbocycles. The van der Waals surface area contributed by atoms with E-state index in [0.29, 0.717) is 27.2 Å². The zero-order valence-electron chi connectivity index (χ0n) is 14.7.